The Morgan fingerprint density at radius 3 is 2.01 bits per heavy atom. The molecule has 0 fully saturated rings. The number of aromatic nitrogens is 4. The SMILES string of the molecule is [2H]c1c([2H])c([2H])c2c(c1[2H])-c1cc(-c3c(C([2H])([2H])[2H])cccc3C([2H])([2H])[2H])cc(-c3ccc4oc5ccccc5c4c3)c1-[n+]1[c-]n(-c3[c-]c(Oc4[c-]c5c(cc4)c4ccccc4n5-c4cc(C(C)(C)C)ccn4)ccc3)c3cc(-c4c([2H])c([2H])c5c(c4[2H])C(C([2H])([2H])[2H])(C([2H])([2H])[2H])C([2H])([2H])C([2H])([2H])C5(C([2H])([2H])[2H])C([2H])([2H])[2H])cc(c31)-c1c([2H])c([2H])c([2H])c([2H])c1-2.[Pt]. The van der Waals surface area contributed by atoms with Crippen molar-refractivity contribution in [2.24, 2.45) is 0 Å². The van der Waals surface area contributed by atoms with Crippen molar-refractivity contribution in [3.63, 3.8) is 0 Å². The van der Waals surface area contributed by atoms with E-state index in [1.54, 1.807) is 54.7 Å². The fourth-order valence-corrected chi connectivity index (χ4v) is 12.8. The van der Waals surface area contributed by atoms with E-state index in [0.717, 1.165) is 34.0 Å². The van der Waals surface area contributed by atoms with E-state index in [1.165, 1.54) is 57.7 Å². The largest absolute Gasteiger partial charge is 0.510 e. The number of hydrogen-bond donors (Lipinski definition) is 0. The third-order valence-electron chi connectivity index (χ3n) is 17.2. The summed E-state index contributed by atoms with van der Waals surface area (Å²) in [5, 5.41) is 2.58. The minimum atomic E-state index is -4.78. The molecule has 0 amide bonds. The van der Waals surface area contributed by atoms with Crippen LogP contribution in [0.2, 0.25) is 0 Å². The second-order valence-corrected chi connectivity index (χ2v) is 24.0. The van der Waals surface area contributed by atoms with E-state index in [2.05, 4.69) is 39.2 Å². The van der Waals surface area contributed by atoms with E-state index in [4.69, 9.17) is 30.6 Å². The topological polar surface area (TPSA) is 49.0 Å². The minimum Gasteiger partial charge on any atom is -0.510 e. The van der Waals surface area contributed by atoms with Crippen molar-refractivity contribution < 1.29 is 80.0 Å². The van der Waals surface area contributed by atoms with Crippen molar-refractivity contribution in [1.82, 2.24) is 14.1 Å². The standard InChI is InChI=1S/C86H68N4O2.Pt/c1-52-20-18-21-53(2)81(52)57-44-69(55-33-37-79-70(42-55)68-29-15-17-31-78(68)92-79)82-71(45-57)64-26-12-10-24-62(64)63-25-11-13-27-65(63)72-43-56(54-32-36-73-74(46-54)86(8,9)40-39-85(73,6)7)47-77-83(72)89(82)51-88(77)59-22-19-23-60(49-59)91-61-34-35-67-66-28-14-16-30-75(66)90(76(67)50-61)80-48-58(38-41-87-80)84(3,4)5;/h10-38,41-48H,39-40H2,1-9H3;/q-2;/i1D3,2D3,6D3,7D3,8D3,9D3,10D,11D,12D,13D,24D,25D,26D,27D,32D,36D,39D2,40D2,46D;. The van der Waals surface area contributed by atoms with Crippen LogP contribution in [0.25, 0.3) is 139 Å². The number of imidazole rings is 1. The number of pyridine rings is 1. The third-order valence-corrected chi connectivity index (χ3v) is 17.2. The second-order valence-electron chi connectivity index (χ2n) is 24.0. The van der Waals surface area contributed by atoms with Gasteiger partial charge in [0.05, 0.1) is 31.8 Å². The molecule has 0 spiro atoms. The van der Waals surface area contributed by atoms with Crippen LogP contribution < -0.4 is 9.30 Å². The van der Waals surface area contributed by atoms with Gasteiger partial charge < -0.3 is 18.3 Å². The molecule has 1 aliphatic heterocycles. The van der Waals surface area contributed by atoms with Crippen LogP contribution in [-0.4, -0.2) is 14.1 Å². The van der Waals surface area contributed by atoms with Crippen molar-refractivity contribution in [3.8, 4) is 95.5 Å². The van der Waals surface area contributed by atoms with Crippen molar-refractivity contribution in [2.75, 3.05) is 0 Å². The van der Waals surface area contributed by atoms with E-state index < -0.39 is 198 Å². The van der Waals surface area contributed by atoms with Gasteiger partial charge in [-0.1, -0.05) is 187 Å². The summed E-state index contributed by atoms with van der Waals surface area (Å²) < 4.78 is 331. The summed E-state index contributed by atoms with van der Waals surface area (Å²) in [6.45, 7) is -18.0. The number of benzene rings is 11. The van der Waals surface area contributed by atoms with E-state index in [-0.39, 0.29) is 82.6 Å². The maximum absolute atomic E-state index is 10.6. The Morgan fingerprint density at radius 2 is 1.25 bits per heavy atom. The molecule has 1 aliphatic carbocycles. The van der Waals surface area contributed by atoms with E-state index in [0.29, 0.717) is 33.3 Å². The number of ether oxygens (including phenoxy) is 1. The molecule has 0 N–H and O–H groups in total. The average molecular weight is 1420 g/mol. The molecule has 0 saturated carbocycles. The number of hydrogen-bond acceptors (Lipinski definition) is 3. The van der Waals surface area contributed by atoms with Gasteiger partial charge in [0.15, 0.2) is 0 Å². The summed E-state index contributed by atoms with van der Waals surface area (Å²) in [4.78, 5) is 4.82. The van der Waals surface area contributed by atoms with Gasteiger partial charge in [-0.3, -0.25) is 4.57 Å². The molecule has 456 valence electrons. The minimum absolute atomic E-state index is 0. The van der Waals surface area contributed by atoms with Gasteiger partial charge in [-0.15, -0.1) is 29.7 Å². The summed E-state index contributed by atoms with van der Waals surface area (Å²) in [6, 6.07) is 33.7. The third kappa shape index (κ3) is 9.46. The Kier molecular flexibility index (Phi) is 7.58. The molecule has 0 atom stereocenters. The molecule has 7 heteroatoms. The van der Waals surface area contributed by atoms with E-state index in [1.807, 2.05) is 47.0 Å². The molecule has 0 saturated heterocycles. The molecule has 17 rings (SSSR count). The summed E-state index contributed by atoms with van der Waals surface area (Å²) >= 11 is 0. The van der Waals surface area contributed by atoms with Crippen molar-refractivity contribution in [1.29, 1.82) is 0 Å². The summed E-state index contributed by atoms with van der Waals surface area (Å²) in [7, 11) is 0. The fraction of sp³-hybridized carbons (Fsp3) is 0.163. The first kappa shape index (κ1) is 32.6. The van der Waals surface area contributed by atoms with Crippen LogP contribution in [0.15, 0.2) is 229 Å². The Balaban J connectivity index is 0.0000117. The van der Waals surface area contributed by atoms with Crippen LogP contribution in [0.5, 0.6) is 11.5 Å². The predicted octanol–water partition coefficient (Wildman–Crippen LogP) is 22.1. The van der Waals surface area contributed by atoms with Gasteiger partial charge in [0.1, 0.15) is 17.0 Å². The predicted molar refractivity (Wildman–Crippen MR) is 377 cm³/mol. The normalized spacial score (nSPS) is 20.9. The molecule has 2 aliphatic rings. The molecular formula is C86H68N4O2Pt-2. The molecule has 15 aromatic rings. The summed E-state index contributed by atoms with van der Waals surface area (Å²) in [5.41, 5.74) is -18.1. The van der Waals surface area contributed by atoms with Gasteiger partial charge in [0.25, 0.3) is 6.33 Å². The van der Waals surface area contributed by atoms with Crippen LogP contribution in [0, 0.1) is 32.2 Å². The van der Waals surface area contributed by atoms with Crippen LogP contribution in [0.4, 0.5) is 0 Å². The Hall–Kier alpha value is -9.87. The van der Waals surface area contributed by atoms with Gasteiger partial charge in [0.2, 0.25) is 0 Å². The maximum Gasteiger partial charge on any atom is 0.268 e. The first-order valence-corrected chi connectivity index (χ1v) is 29.4. The molecule has 4 aromatic heterocycles. The Morgan fingerprint density at radius 1 is 0.570 bits per heavy atom. The molecular weight excluding hydrogens is 1320 g/mol. The molecule has 5 heterocycles. The zero-order valence-electron chi connectivity index (χ0n) is 82.4. The van der Waals surface area contributed by atoms with Crippen molar-refractivity contribution in [2.45, 2.75) is 90.9 Å². The number of para-hydroxylation sites is 2. The van der Waals surface area contributed by atoms with E-state index in [9.17, 15) is 28.8 Å². The maximum atomic E-state index is 10.6. The van der Waals surface area contributed by atoms with E-state index >= 15 is 0 Å². The molecule has 11 aromatic carbocycles. The first-order chi connectivity index (χ1) is 58.1. The average Bonchev–Trinajstić information content (AvgIpc) is 0.842. The second kappa shape index (κ2) is 21.6. The van der Waals surface area contributed by atoms with Gasteiger partial charge in [-0.2, -0.15) is 18.2 Å². The van der Waals surface area contributed by atoms with Crippen LogP contribution in [0.3, 0.4) is 0 Å². The molecule has 0 radical (unpaired) electrons. The number of rotatable bonds is 7. The Bertz CT molecular complexity index is 7140. The fourth-order valence-electron chi connectivity index (χ4n) is 12.8. The van der Waals surface area contributed by atoms with Gasteiger partial charge >= 0.3 is 0 Å². The summed E-state index contributed by atoms with van der Waals surface area (Å²) in [6.07, 6.45) is -4.42. The van der Waals surface area contributed by atoms with Crippen LogP contribution in [-0.2, 0) is 37.3 Å². The number of furan rings is 1. The number of nitrogens with zero attached hydrogens (tertiary/aromatic N) is 4. The number of fused-ring (bicyclic) bond motifs is 14. The van der Waals surface area contributed by atoms with Crippen molar-refractivity contribution in [3.05, 3.63) is 271 Å². The van der Waals surface area contributed by atoms with Crippen LogP contribution >= 0.6 is 0 Å². The molecule has 0 bridgehead atoms. The zero-order valence-corrected chi connectivity index (χ0v) is 51.7. The molecule has 93 heavy (non-hydrogen) atoms. The number of aryl methyl sites for hydroxylation is 2. The van der Waals surface area contributed by atoms with Gasteiger partial charge in [-0.05, 0) is 203 Å². The summed E-state index contributed by atoms with van der Waals surface area (Å²) in [5.74, 6) is 0.572. The van der Waals surface area contributed by atoms with Gasteiger partial charge in [0, 0.05) is 85.2 Å². The van der Waals surface area contributed by atoms with Gasteiger partial charge in [-0.25, -0.2) is 4.98 Å². The zero-order chi connectivity index (χ0) is 90.7. The smallest absolute Gasteiger partial charge is 0.268 e. The first-order valence-electron chi connectivity index (χ1n) is 45.9. The van der Waals surface area contributed by atoms with Crippen molar-refractivity contribution >= 4 is 54.8 Å². The molecule has 0 unspecified atom stereocenters. The quantitative estimate of drug-likeness (QED) is 0.118. The monoisotopic (exact) mass is 1420 g/mol. The van der Waals surface area contributed by atoms with Crippen LogP contribution in [0.1, 0.15) is 134 Å². The Labute approximate surface area is 604 Å². The molecule has 6 nitrogen and oxygen atoms in total.